The Kier molecular flexibility index (Phi) is 4.74. The van der Waals surface area contributed by atoms with E-state index in [2.05, 4.69) is 4.18 Å². The van der Waals surface area contributed by atoms with Gasteiger partial charge in [0.25, 0.3) is 0 Å². The third kappa shape index (κ3) is 5.51. The monoisotopic (exact) mass is 196 g/mol. The van der Waals surface area contributed by atoms with Crippen molar-refractivity contribution in [3.8, 4) is 0 Å². The second kappa shape index (κ2) is 4.79. The second-order valence-electron chi connectivity index (χ2n) is 3.12. The molecule has 0 bridgehead atoms. The third-order valence-corrected chi connectivity index (χ3v) is 2.33. The first-order chi connectivity index (χ1) is 5.37. The predicted molar refractivity (Wildman–Crippen MR) is 46.1 cm³/mol. The maximum Gasteiger partial charge on any atom is 0.397 e. The smallest absolute Gasteiger partial charge is 0.264 e. The van der Waals surface area contributed by atoms with E-state index >= 15 is 0 Å². The van der Waals surface area contributed by atoms with Gasteiger partial charge in [-0.15, -0.1) is 0 Å². The summed E-state index contributed by atoms with van der Waals surface area (Å²) in [6.45, 7) is 5.99. The van der Waals surface area contributed by atoms with Gasteiger partial charge in [-0.1, -0.05) is 27.2 Å². The number of rotatable bonds is 5. The van der Waals surface area contributed by atoms with Crippen LogP contribution >= 0.6 is 0 Å². The van der Waals surface area contributed by atoms with E-state index in [-0.39, 0.29) is 12.5 Å². The molecular formula is C7H16O4S. The molecule has 12 heavy (non-hydrogen) atoms. The van der Waals surface area contributed by atoms with Gasteiger partial charge in [0.15, 0.2) is 0 Å². The molecule has 0 aromatic rings. The Morgan fingerprint density at radius 3 is 2.17 bits per heavy atom. The maximum absolute atomic E-state index is 10.2. The highest BCUT2D eigenvalue weighted by Gasteiger charge is 2.14. The van der Waals surface area contributed by atoms with Crippen molar-refractivity contribution in [1.29, 1.82) is 0 Å². The molecule has 0 aromatic heterocycles. The van der Waals surface area contributed by atoms with Crippen LogP contribution in [0.3, 0.4) is 0 Å². The molecule has 4 nitrogen and oxygen atoms in total. The van der Waals surface area contributed by atoms with Crippen LogP contribution in [0.4, 0.5) is 0 Å². The zero-order valence-electron chi connectivity index (χ0n) is 7.65. The molecule has 0 spiro atoms. The van der Waals surface area contributed by atoms with Gasteiger partial charge >= 0.3 is 10.4 Å². The lowest BCUT2D eigenvalue weighted by atomic mass is 9.94. The number of hydrogen-bond acceptors (Lipinski definition) is 3. The van der Waals surface area contributed by atoms with Crippen LogP contribution in [0, 0.1) is 11.8 Å². The van der Waals surface area contributed by atoms with Gasteiger partial charge in [-0.25, -0.2) is 4.18 Å². The molecular weight excluding hydrogens is 180 g/mol. The van der Waals surface area contributed by atoms with Gasteiger partial charge in [-0.3, -0.25) is 4.55 Å². The Labute approximate surface area is 73.9 Å². The molecule has 1 N–H and O–H groups in total. The molecule has 0 fully saturated rings. The molecule has 0 rings (SSSR count). The van der Waals surface area contributed by atoms with E-state index in [1.165, 1.54) is 0 Å². The van der Waals surface area contributed by atoms with Crippen molar-refractivity contribution in [3.63, 3.8) is 0 Å². The summed E-state index contributed by atoms with van der Waals surface area (Å²) in [5.74, 6) is 0.531. The lowest BCUT2D eigenvalue weighted by molar-refractivity contribution is 0.189. The summed E-state index contributed by atoms with van der Waals surface area (Å²) in [5.41, 5.74) is 0. The summed E-state index contributed by atoms with van der Waals surface area (Å²) in [6.07, 6.45) is 0.840. The van der Waals surface area contributed by atoms with Crippen LogP contribution in [0.25, 0.3) is 0 Å². The molecule has 0 aliphatic heterocycles. The van der Waals surface area contributed by atoms with E-state index in [1.54, 1.807) is 0 Å². The Hall–Kier alpha value is -0.130. The normalized spacial score (nSPS) is 15.1. The summed E-state index contributed by atoms with van der Waals surface area (Å²) in [4.78, 5) is 0. The van der Waals surface area contributed by atoms with Gasteiger partial charge in [0.2, 0.25) is 0 Å². The summed E-state index contributed by atoms with van der Waals surface area (Å²) in [5, 5.41) is 0. The molecule has 5 heteroatoms. The second-order valence-corrected chi connectivity index (χ2v) is 4.22. The minimum atomic E-state index is -4.26. The summed E-state index contributed by atoms with van der Waals surface area (Å²) in [7, 11) is -4.26. The standard InChI is InChI=1S/C7H16O4S/c1-4-7(6(2)3)5-11-12(8,9)10/h6-7H,4-5H2,1-3H3,(H,8,9,10). The predicted octanol–water partition coefficient (Wildman–Crippen LogP) is 1.49. The summed E-state index contributed by atoms with van der Waals surface area (Å²) >= 11 is 0. The quantitative estimate of drug-likeness (QED) is 0.676. The van der Waals surface area contributed by atoms with Crippen molar-refractivity contribution in [1.82, 2.24) is 0 Å². The SMILES string of the molecule is CCC(COS(=O)(=O)O)C(C)C. The van der Waals surface area contributed by atoms with Gasteiger partial charge in [-0.2, -0.15) is 8.42 Å². The van der Waals surface area contributed by atoms with E-state index in [0.717, 1.165) is 6.42 Å². The zero-order valence-corrected chi connectivity index (χ0v) is 8.47. The van der Waals surface area contributed by atoms with Gasteiger partial charge in [-0.05, 0) is 11.8 Å². The van der Waals surface area contributed by atoms with Crippen LogP contribution in [-0.4, -0.2) is 19.6 Å². The molecule has 0 aromatic carbocycles. The molecule has 0 aliphatic rings. The Bertz CT molecular complexity index is 207. The van der Waals surface area contributed by atoms with Gasteiger partial charge < -0.3 is 0 Å². The highest BCUT2D eigenvalue weighted by molar-refractivity contribution is 7.80. The van der Waals surface area contributed by atoms with Crippen molar-refractivity contribution >= 4 is 10.4 Å². The minimum absolute atomic E-state index is 0.0625. The lowest BCUT2D eigenvalue weighted by Gasteiger charge is -2.17. The minimum Gasteiger partial charge on any atom is -0.264 e. The van der Waals surface area contributed by atoms with Crippen LogP contribution in [-0.2, 0) is 14.6 Å². The number of hydrogen-bond donors (Lipinski definition) is 1. The van der Waals surface area contributed by atoms with Gasteiger partial charge in [0, 0.05) is 0 Å². The Morgan fingerprint density at radius 2 is 1.92 bits per heavy atom. The molecule has 0 amide bonds. The van der Waals surface area contributed by atoms with Crippen molar-refractivity contribution < 1.29 is 17.2 Å². The maximum atomic E-state index is 10.2. The molecule has 0 aliphatic carbocycles. The molecule has 0 heterocycles. The lowest BCUT2D eigenvalue weighted by Crippen LogP contribution is -2.17. The van der Waals surface area contributed by atoms with E-state index < -0.39 is 10.4 Å². The van der Waals surface area contributed by atoms with Crippen LogP contribution in [0.5, 0.6) is 0 Å². The first-order valence-corrected chi connectivity index (χ1v) is 5.35. The van der Waals surface area contributed by atoms with E-state index in [9.17, 15) is 8.42 Å². The Morgan fingerprint density at radius 1 is 1.42 bits per heavy atom. The molecule has 1 atom stereocenters. The molecule has 74 valence electrons. The van der Waals surface area contributed by atoms with Crippen LogP contribution in [0.15, 0.2) is 0 Å². The molecule has 0 saturated heterocycles. The highest BCUT2D eigenvalue weighted by Crippen LogP contribution is 2.15. The molecule has 0 radical (unpaired) electrons. The van der Waals surface area contributed by atoms with Crippen molar-refractivity contribution in [2.75, 3.05) is 6.61 Å². The highest BCUT2D eigenvalue weighted by atomic mass is 32.3. The topological polar surface area (TPSA) is 63.6 Å². The van der Waals surface area contributed by atoms with Crippen molar-refractivity contribution in [2.24, 2.45) is 11.8 Å². The average molecular weight is 196 g/mol. The molecule has 1 unspecified atom stereocenters. The van der Waals surface area contributed by atoms with Crippen LogP contribution in [0.1, 0.15) is 27.2 Å². The van der Waals surface area contributed by atoms with Crippen molar-refractivity contribution in [3.05, 3.63) is 0 Å². The Balaban J connectivity index is 3.90. The zero-order chi connectivity index (χ0) is 9.78. The van der Waals surface area contributed by atoms with E-state index in [1.807, 2.05) is 20.8 Å². The summed E-state index contributed by atoms with van der Waals surface area (Å²) in [6, 6.07) is 0. The largest absolute Gasteiger partial charge is 0.397 e. The van der Waals surface area contributed by atoms with E-state index in [4.69, 9.17) is 4.55 Å². The first kappa shape index (κ1) is 11.9. The van der Waals surface area contributed by atoms with Crippen LogP contribution < -0.4 is 0 Å². The van der Waals surface area contributed by atoms with Crippen LogP contribution in [0.2, 0.25) is 0 Å². The van der Waals surface area contributed by atoms with E-state index in [0.29, 0.717) is 5.92 Å². The molecule has 0 saturated carbocycles. The average Bonchev–Trinajstić information content (AvgIpc) is 1.85. The fourth-order valence-corrected chi connectivity index (χ4v) is 1.30. The summed E-state index contributed by atoms with van der Waals surface area (Å²) < 4.78 is 33.0. The third-order valence-electron chi connectivity index (χ3n) is 1.90. The fourth-order valence-electron chi connectivity index (χ4n) is 0.955. The fraction of sp³-hybridized carbons (Fsp3) is 1.00. The van der Waals surface area contributed by atoms with Gasteiger partial charge in [0.1, 0.15) is 0 Å². The van der Waals surface area contributed by atoms with Crippen molar-refractivity contribution in [2.45, 2.75) is 27.2 Å². The van der Waals surface area contributed by atoms with Gasteiger partial charge in [0.05, 0.1) is 6.61 Å². The first-order valence-electron chi connectivity index (χ1n) is 3.98.